The van der Waals surface area contributed by atoms with Gasteiger partial charge in [0.1, 0.15) is 5.82 Å². The number of hydrogen-bond donors (Lipinski definition) is 0. The van der Waals surface area contributed by atoms with Gasteiger partial charge in [-0.05, 0) is 19.3 Å². The van der Waals surface area contributed by atoms with Crippen LogP contribution in [0.4, 0.5) is 0 Å². The van der Waals surface area contributed by atoms with Gasteiger partial charge in [0, 0.05) is 19.1 Å². The van der Waals surface area contributed by atoms with Crippen LogP contribution in [0.25, 0.3) is 0 Å². The minimum absolute atomic E-state index is 0.0937. The van der Waals surface area contributed by atoms with Gasteiger partial charge in [-0.2, -0.15) is 0 Å². The molecule has 0 spiro atoms. The molecule has 2 aliphatic heterocycles. The summed E-state index contributed by atoms with van der Waals surface area (Å²) in [6, 6.07) is 0. The lowest BCUT2D eigenvalue weighted by Gasteiger charge is -2.24. The molecule has 2 unspecified atom stereocenters. The summed E-state index contributed by atoms with van der Waals surface area (Å²) in [4.78, 5) is 16.2. The van der Waals surface area contributed by atoms with E-state index in [1.54, 1.807) is 0 Å². The molecule has 2 aliphatic rings. The summed E-state index contributed by atoms with van der Waals surface area (Å²) in [5.74, 6) is 1.02. The molecule has 19 heavy (non-hydrogen) atoms. The number of aromatic nitrogens is 2. The van der Waals surface area contributed by atoms with E-state index in [-0.39, 0.29) is 11.9 Å². The molecule has 104 valence electrons. The number of nitrogens with zero attached hydrogens (tertiary/aromatic N) is 2. The zero-order valence-corrected chi connectivity index (χ0v) is 11.7. The second-order valence-corrected chi connectivity index (χ2v) is 5.50. The Kier molecular flexibility index (Phi) is 3.50. The summed E-state index contributed by atoms with van der Waals surface area (Å²) in [6.45, 7) is 2.08. The lowest BCUT2D eigenvalue weighted by atomic mass is 9.97. The summed E-state index contributed by atoms with van der Waals surface area (Å²) >= 11 is 6.21. The minimum Gasteiger partial charge on any atom is -0.469 e. The molecule has 3 heterocycles. The highest BCUT2D eigenvalue weighted by atomic mass is 35.5. The molecule has 0 bridgehead atoms. The molecule has 5 nitrogen and oxygen atoms in total. The summed E-state index contributed by atoms with van der Waals surface area (Å²) in [5.41, 5.74) is 1.05. The predicted octanol–water partition coefficient (Wildman–Crippen LogP) is 1.78. The van der Waals surface area contributed by atoms with E-state index in [0.29, 0.717) is 24.2 Å². The summed E-state index contributed by atoms with van der Waals surface area (Å²) in [6.07, 6.45) is 2.52. The van der Waals surface area contributed by atoms with Crippen molar-refractivity contribution in [2.24, 2.45) is 5.92 Å². The topological polar surface area (TPSA) is 53.4 Å². The van der Waals surface area contributed by atoms with Crippen molar-refractivity contribution in [1.29, 1.82) is 0 Å². The first-order valence-corrected chi connectivity index (χ1v) is 6.99. The molecule has 1 fully saturated rings. The van der Waals surface area contributed by atoms with E-state index < -0.39 is 0 Å². The van der Waals surface area contributed by atoms with Crippen LogP contribution in [0.3, 0.4) is 0 Å². The molecule has 0 amide bonds. The van der Waals surface area contributed by atoms with Crippen LogP contribution in [-0.4, -0.2) is 35.8 Å². The first-order chi connectivity index (χ1) is 9.20. The standard InChI is InChI=1S/C13H17ClN2O3/c1-18-13(17)8-2-3-10-11(14)15-12(16(10)6-8)9-4-5-19-7-9/h8-9H,2-7H2,1H3. The highest BCUT2D eigenvalue weighted by Crippen LogP contribution is 2.33. The number of rotatable bonds is 2. The second-order valence-electron chi connectivity index (χ2n) is 5.14. The smallest absolute Gasteiger partial charge is 0.310 e. The summed E-state index contributed by atoms with van der Waals surface area (Å²) < 4.78 is 12.4. The minimum atomic E-state index is -0.149. The Morgan fingerprint density at radius 2 is 2.37 bits per heavy atom. The van der Waals surface area contributed by atoms with E-state index >= 15 is 0 Å². The van der Waals surface area contributed by atoms with E-state index in [1.165, 1.54) is 7.11 Å². The number of halogens is 1. The number of hydrogen-bond acceptors (Lipinski definition) is 4. The largest absolute Gasteiger partial charge is 0.469 e. The molecule has 1 saturated heterocycles. The van der Waals surface area contributed by atoms with Gasteiger partial charge in [-0.3, -0.25) is 4.79 Å². The Hall–Kier alpha value is -1.07. The zero-order valence-electron chi connectivity index (χ0n) is 10.9. The fourth-order valence-corrected chi connectivity index (χ4v) is 3.23. The number of methoxy groups -OCH3 is 1. The van der Waals surface area contributed by atoms with Crippen molar-refractivity contribution >= 4 is 17.6 Å². The van der Waals surface area contributed by atoms with Gasteiger partial charge in [-0.25, -0.2) is 4.98 Å². The molecule has 0 saturated carbocycles. The van der Waals surface area contributed by atoms with Crippen LogP contribution >= 0.6 is 11.6 Å². The molecule has 0 radical (unpaired) electrons. The van der Waals surface area contributed by atoms with E-state index in [0.717, 1.165) is 37.4 Å². The van der Waals surface area contributed by atoms with E-state index in [9.17, 15) is 4.79 Å². The number of carbonyl (C=O) groups excluding carboxylic acids is 1. The van der Waals surface area contributed by atoms with Crippen LogP contribution in [0.15, 0.2) is 0 Å². The quantitative estimate of drug-likeness (QED) is 0.777. The Labute approximate surface area is 116 Å². The molecule has 0 aromatic carbocycles. The van der Waals surface area contributed by atoms with Crippen molar-refractivity contribution in [3.8, 4) is 0 Å². The molecule has 3 rings (SSSR count). The Morgan fingerprint density at radius 3 is 3.05 bits per heavy atom. The van der Waals surface area contributed by atoms with Crippen molar-refractivity contribution < 1.29 is 14.3 Å². The monoisotopic (exact) mass is 284 g/mol. The first kappa shape index (κ1) is 12.9. The third-order valence-electron chi connectivity index (χ3n) is 4.02. The van der Waals surface area contributed by atoms with Crippen LogP contribution < -0.4 is 0 Å². The van der Waals surface area contributed by atoms with Crippen molar-refractivity contribution in [2.75, 3.05) is 20.3 Å². The number of imidazole rings is 1. The van der Waals surface area contributed by atoms with E-state index in [2.05, 4.69) is 9.55 Å². The molecule has 0 N–H and O–H groups in total. The van der Waals surface area contributed by atoms with Crippen molar-refractivity contribution in [1.82, 2.24) is 9.55 Å². The van der Waals surface area contributed by atoms with Crippen LogP contribution in [-0.2, 0) is 27.2 Å². The molecular weight excluding hydrogens is 268 g/mol. The fraction of sp³-hybridized carbons (Fsp3) is 0.692. The number of fused-ring (bicyclic) bond motifs is 1. The van der Waals surface area contributed by atoms with Gasteiger partial charge in [-0.1, -0.05) is 11.6 Å². The number of esters is 1. The summed E-state index contributed by atoms with van der Waals surface area (Å²) in [7, 11) is 1.43. The Bertz CT molecular complexity index is 494. The Balaban J connectivity index is 1.90. The zero-order chi connectivity index (χ0) is 13.4. The van der Waals surface area contributed by atoms with Gasteiger partial charge in [0.05, 0.1) is 25.3 Å². The summed E-state index contributed by atoms with van der Waals surface area (Å²) in [5, 5.41) is 0.574. The third kappa shape index (κ3) is 2.25. The fourth-order valence-electron chi connectivity index (χ4n) is 2.95. The SMILES string of the molecule is COC(=O)C1CCc2c(Cl)nc(C3CCOC3)n2C1. The van der Waals surface area contributed by atoms with Crippen molar-refractivity contribution in [3.63, 3.8) is 0 Å². The first-order valence-electron chi connectivity index (χ1n) is 6.61. The van der Waals surface area contributed by atoms with Gasteiger partial charge in [-0.15, -0.1) is 0 Å². The molecule has 1 aromatic heterocycles. The van der Waals surface area contributed by atoms with Gasteiger partial charge in [0.25, 0.3) is 0 Å². The van der Waals surface area contributed by atoms with Gasteiger partial charge >= 0.3 is 5.97 Å². The molecule has 6 heteroatoms. The highest BCUT2D eigenvalue weighted by Gasteiger charge is 2.32. The predicted molar refractivity (Wildman–Crippen MR) is 69.2 cm³/mol. The van der Waals surface area contributed by atoms with Gasteiger partial charge < -0.3 is 14.0 Å². The van der Waals surface area contributed by atoms with E-state index in [4.69, 9.17) is 21.1 Å². The normalized spacial score (nSPS) is 26.2. The second kappa shape index (κ2) is 5.13. The van der Waals surface area contributed by atoms with E-state index in [1.807, 2.05) is 0 Å². The van der Waals surface area contributed by atoms with Gasteiger partial charge in [0.2, 0.25) is 0 Å². The highest BCUT2D eigenvalue weighted by molar-refractivity contribution is 6.30. The lowest BCUT2D eigenvalue weighted by Crippen LogP contribution is -2.29. The number of ether oxygens (including phenoxy) is 2. The number of carbonyl (C=O) groups is 1. The molecule has 1 aromatic rings. The third-order valence-corrected chi connectivity index (χ3v) is 4.32. The maximum atomic E-state index is 11.7. The maximum absolute atomic E-state index is 11.7. The average Bonchev–Trinajstić information content (AvgIpc) is 3.06. The van der Waals surface area contributed by atoms with Crippen LogP contribution in [0.2, 0.25) is 5.15 Å². The Morgan fingerprint density at radius 1 is 1.53 bits per heavy atom. The van der Waals surface area contributed by atoms with Crippen LogP contribution in [0.5, 0.6) is 0 Å². The molecule has 2 atom stereocenters. The average molecular weight is 285 g/mol. The van der Waals surface area contributed by atoms with Crippen LogP contribution in [0.1, 0.15) is 30.3 Å². The molecular formula is C13H17ClN2O3. The van der Waals surface area contributed by atoms with Crippen LogP contribution in [0, 0.1) is 5.92 Å². The maximum Gasteiger partial charge on any atom is 0.310 e. The van der Waals surface area contributed by atoms with Crippen molar-refractivity contribution in [3.05, 3.63) is 16.7 Å². The lowest BCUT2D eigenvalue weighted by molar-refractivity contribution is -0.146. The molecule has 0 aliphatic carbocycles. The van der Waals surface area contributed by atoms with Gasteiger partial charge in [0.15, 0.2) is 5.15 Å². The van der Waals surface area contributed by atoms with Crippen molar-refractivity contribution in [2.45, 2.75) is 31.7 Å².